The van der Waals surface area contributed by atoms with Gasteiger partial charge in [-0.2, -0.15) is 0 Å². The lowest BCUT2D eigenvalue weighted by atomic mass is 9.80. The van der Waals surface area contributed by atoms with Crippen LogP contribution in [0.1, 0.15) is 31.1 Å². The first-order chi connectivity index (χ1) is 9.22. The summed E-state index contributed by atoms with van der Waals surface area (Å²) < 4.78 is 16.9. The molecule has 2 fully saturated rings. The summed E-state index contributed by atoms with van der Waals surface area (Å²) >= 11 is 5.84. The predicted octanol–water partition coefficient (Wildman–Crippen LogP) is 2.02. The smallest absolute Gasteiger partial charge is 0.193 e. The van der Waals surface area contributed by atoms with Gasteiger partial charge in [-0.3, -0.25) is 5.84 Å². The summed E-state index contributed by atoms with van der Waals surface area (Å²) in [6.07, 6.45) is 2.84. The molecular formula is C13H19ClN2O3. The van der Waals surface area contributed by atoms with Gasteiger partial charge in [-0.15, -0.1) is 0 Å². The van der Waals surface area contributed by atoms with Gasteiger partial charge in [0.1, 0.15) is 5.76 Å². The van der Waals surface area contributed by atoms with Crippen LogP contribution in [0.15, 0.2) is 16.5 Å². The van der Waals surface area contributed by atoms with Crippen molar-refractivity contribution in [2.24, 2.45) is 11.8 Å². The lowest BCUT2D eigenvalue weighted by Gasteiger charge is -2.39. The van der Waals surface area contributed by atoms with E-state index in [9.17, 15) is 0 Å². The quantitative estimate of drug-likeness (QED) is 0.657. The predicted molar refractivity (Wildman–Crippen MR) is 70.6 cm³/mol. The highest BCUT2D eigenvalue weighted by Crippen LogP contribution is 2.41. The van der Waals surface area contributed by atoms with Crippen molar-refractivity contribution in [3.8, 4) is 0 Å². The van der Waals surface area contributed by atoms with E-state index < -0.39 is 0 Å². The van der Waals surface area contributed by atoms with Gasteiger partial charge in [-0.1, -0.05) is 0 Å². The Balaban J connectivity index is 1.76. The van der Waals surface area contributed by atoms with Crippen LogP contribution in [0.4, 0.5) is 0 Å². The van der Waals surface area contributed by atoms with Gasteiger partial charge in [0.2, 0.25) is 0 Å². The van der Waals surface area contributed by atoms with Crippen molar-refractivity contribution in [2.45, 2.75) is 30.9 Å². The van der Waals surface area contributed by atoms with Crippen LogP contribution >= 0.6 is 11.6 Å². The van der Waals surface area contributed by atoms with Gasteiger partial charge in [0, 0.05) is 19.6 Å². The molecule has 1 aromatic heterocycles. The molecule has 1 spiro atoms. The first-order valence-corrected chi connectivity index (χ1v) is 7.03. The molecule has 5 nitrogen and oxygen atoms in total. The zero-order valence-corrected chi connectivity index (χ0v) is 11.5. The van der Waals surface area contributed by atoms with E-state index in [2.05, 4.69) is 5.43 Å². The third kappa shape index (κ3) is 2.66. The molecule has 2 aliphatic rings. The van der Waals surface area contributed by atoms with Gasteiger partial charge in [-0.05, 0) is 42.5 Å². The topological polar surface area (TPSA) is 69.7 Å². The number of hydrogen-bond donors (Lipinski definition) is 2. The zero-order chi connectivity index (χ0) is 13.3. The van der Waals surface area contributed by atoms with E-state index in [1.165, 1.54) is 0 Å². The fourth-order valence-corrected chi connectivity index (χ4v) is 3.31. The molecule has 0 aliphatic carbocycles. The molecule has 3 N–H and O–H groups in total. The summed E-state index contributed by atoms with van der Waals surface area (Å²) in [5, 5.41) is 0.390. The summed E-state index contributed by atoms with van der Waals surface area (Å²) in [6, 6.07) is 3.59. The standard InChI is InChI=1S/C13H19ClN2O3/c14-11-2-1-10(19-11)12(16-15)9-3-5-18-13(7-9)4-6-17-8-13/h1-2,9,12,16H,3-8,15H2. The Kier molecular flexibility index (Phi) is 3.82. The van der Waals surface area contributed by atoms with Crippen molar-refractivity contribution < 1.29 is 13.9 Å². The molecule has 0 saturated carbocycles. The minimum Gasteiger partial charge on any atom is -0.448 e. The minimum absolute atomic E-state index is 0.0334. The number of ether oxygens (including phenoxy) is 2. The molecule has 2 aliphatic heterocycles. The summed E-state index contributed by atoms with van der Waals surface area (Å²) in [7, 11) is 0. The molecular weight excluding hydrogens is 268 g/mol. The van der Waals surface area contributed by atoms with Crippen LogP contribution in [-0.4, -0.2) is 25.4 Å². The summed E-state index contributed by atoms with van der Waals surface area (Å²) in [5.74, 6) is 6.86. The van der Waals surface area contributed by atoms with Crippen LogP contribution in [0.2, 0.25) is 5.22 Å². The average molecular weight is 287 g/mol. The second-order valence-corrected chi connectivity index (χ2v) is 5.75. The molecule has 19 heavy (non-hydrogen) atoms. The Morgan fingerprint density at radius 1 is 1.42 bits per heavy atom. The average Bonchev–Trinajstić information content (AvgIpc) is 3.01. The Morgan fingerprint density at radius 2 is 2.32 bits per heavy atom. The largest absolute Gasteiger partial charge is 0.448 e. The first-order valence-electron chi connectivity index (χ1n) is 6.65. The molecule has 3 atom stereocenters. The van der Waals surface area contributed by atoms with Crippen molar-refractivity contribution in [3.63, 3.8) is 0 Å². The summed E-state index contributed by atoms with van der Waals surface area (Å²) in [4.78, 5) is 0. The fraction of sp³-hybridized carbons (Fsp3) is 0.692. The van der Waals surface area contributed by atoms with Crippen molar-refractivity contribution in [3.05, 3.63) is 23.1 Å². The molecule has 3 heterocycles. The van der Waals surface area contributed by atoms with Crippen LogP contribution in [0.3, 0.4) is 0 Å². The van der Waals surface area contributed by atoms with Crippen molar-refractivity contribution in [2.75, 3.05) is 19.8 Å². The molecule has 3 unspecified atom stereocenters. The normalized spacial score (nSPS) is 32.8. The maximum absolute atomic E-state index is 5.94. The Labute approximate surface area is 117 Å². The Morgan fingerprint density at radius 3 is 2.95 bits per heavy atom. The molecule has 1 aromatic rings. The molecule has 0 bridgehead atoms. The molecule has 0 radical (unpaired) electrons. The lowest BCUT2D eigenvalue weighted by Crippen LogP contribution is -2.45. The lowest BCUT2D eigenvalue weighted by molar-refractivity contribution is -0.104. The SMILES string of the molecule is NNC(c1ccc(Cl)o1)C1CCOC2(CCOC2)C1. The van der Waals surface area contributed by atoms with E-state index in [1.54, 1.807) is 6.07 Å². The number of furan rings is 1. The van der Waals surface area contributed by atoms with Crippen LogP contribution < -0.4 is 11.3 Å². The van der Waals surface area contributed by atoms with E-state index in [-0.39, 0.29) is 11.6 Å². The molecule has 2 saturated heterocycles. The number of hydrogen-bond acceptors (Lipinski definition) is 5. The van der Waals surface area contributed by atoms with E-state index in [0.717, 1.165) is 38.2 Å². The first kappa shape index (κ1) is 13.4. The van der Waals surface area contributed by atoms with E-state index in [4.69, 9.17) is 31.3 Å². The Bertz CT molecular complexity index is 431. The maximum atomic E-state index is 5.94. The highest BCUT2D eigenvalue weighted by atomic mass is 35.5. The second kappa shape index (κ2) is 5.42. The van der Waals surface area contributed by atoms with Crippen LogP contribution in [0.5, 0.6) is 0 Å². The highest BCUT2D eigenvalue weighted by Gasteiger charge is 2.43. The van der Waals surface area contributed by atoms with Crippen molar-refractivity contribution >= 4 is 11.6 Å². The van der Waals surface area contributed by atoms with Gasteiger partial charge in [-0.25, -0.2) is 5.43 Å². The van der Waals surface area contributed by atoms with Gasteiger partial charge in [0.15, 0.2) is 5.22 Å². The van der Waals surface area contributed by atoms with Gasteiger partial charge < -0.3 is 13.9 Å². The number of hydrazine groups is 1. The van der Waals surface area contributed by atoms with E-state index in [0.29, 0.717) is 17.7 Å². The monoisotopic (exact) mass is 286 g/mol. The van der Waals surface area contributed by atoms with Gasteiger partial charge in [0.05, 0.1) is 18.2 Å². The van der Waals surface area contributed by atoms with Crippen molar-refractivity contribution in [1.29, 1.82) is 0 Å². The van der Waals surface area contributed by atoms with Gasteiger partial charge in [0.25, 0.3) is 0 Å². The Hall–Kier alpha value is -0.590. The van der Waals surface area contributed by atoms with E-state index in [1.807, 2.05) is 6.07 Å². The van der Waals surface area contributed by atoms with Crippen LogP contribution in [0.25, 0.3) is 0 Å². The summed E-state index contributed by atoms with van der Waals surface area (Å²) in [5.41, 5.74) is 2.73. The van der Waals surface area contributed by atoms with Crippen LogP contribution in [-0.2, 0) is 9.47 Å². The number of halogens is 1. The molecule has 106 valence electrons. The number of nitrogens with two attached hydrogens (primary N) is 1. The molecule has 0 amide bonds. The van der Waals surface area contributed by atoms with Crippen LogP contribution in [0, 0.1) is 5.92 Å². The van der Waals surface area contributed by atoms with E-state index >= 15 is 0 Å². The van der Waals surface area contributed by atoms with Crippen molar-refractivity contribution in [1.82, 2.24) is 5.43 Å². The van der Waals surface area contributed by atoms with Gasteiger partial charge >= 0.3 is 0 Å². The second-order valence-electron chi connectivity index (χ2n) is 5.37. The molecule has 3 rings (SSSR count). The molecule has 0 aromatic carbocycles. The zero-order valence-electron chi connectivity index (χ0n) is 10.7. The fourth-order valence-electron chi connectivity index (χ4n) is 3.16. The molecule has 6 heteroatoms. The summed E-state index contributed by atoms with van der Waals surface area (Å²) in [6.45, 7) is 2.19. The number of nitrogens with one attached hydrogen (secondary N) is 1. The maximum Gasteiger partial charge on any atom is 0.193 e. The highest BCUT2D eigenvalue weighted by molar-refractivity contribution is 6.28. The minimum atomic E-state index is -0.131. The third-order valence-electron chi connectivity index (χ3n) is 4.15. The number of rotatable bonds is 3. The third-order valence-corrected chi connectivity index (χ3v) is 4.35.